The molecule has 2 aromatic rings. The Morgan fingerprint density at radius 1 is 0.680 bits per heavy atom. The summed E-state index contributed by atoms with van der Waals surface area (Å²) >= 11 is 0. The van der Waals surface area contributed by atoms with Gasteiger partial charge < -0.3 is 0 Å². The Kier molecular flexibility index (Phi) is 4.62. The summed E-state index contributed by atoms with van der Waals surface area (Å²) in [5.74, 6) is 0.325. The summed E-state index contributed by atoms with van der Waals surface area (Å²) in [5, 5.41) is 0. The van der Waals surface area contributed by atoms with Crippen LogP contribution in [0.2, 0.25) is 0 Å². The third-order valence-electron chi connectivity index (χ3n) is 5.85. The highest BCUT2D eigenvalue weighted by molar-refractivity contribution is 6.02. The smallest absolute Gasteiger partial charge is 0.163 e. The van der Waals surface area contributed by atoms with E-state index >= 15 is 0 Å². The number of fused-ring (bicyclic) bond motifs is 2. The minimum atomic E-state index is 0.325. The van der Waals surface area contributed by atoms with Gasteiger partial charge in [-0.2, -0.15) is 0 Å². The molecule has 1 heteroatoms. The van der Waals surface area contributed by atoms with Gasteiger partial charge in [0.1, 0.15) is 0 Å². The topological polar surface area (TPSA) is 17.1 Å². The van der Waals surface area contributed by atoms with Gasteiger partial charge >= 0.3 is 0 Å². The largest absolute Gasteiger partial charge is 0.294 e. The molecule has 0 N–H and O–H groups in total. The zero-order chi connectivity index (χ0) is 18.4. The fourth-order valence-corrected chi connectivity index (χ4v) is 4.38. The maximum atomic E-state index is 11.4. The van der Waals surface area contributed by atoms with Crippen molar-refractivity contribution >= 4 is 5.78 Å². The van der Waals surface area contributed by atoms with Gasteiger partial charge in [-0.15, -0.1) is 0 Å². The molecule has 0 atom stereocenters. The fraction of sp³-hybridized carbons (Fsp3) is 0.458. The molecule has 0 heterocycles. The van der Waals surface area contributed by atoms with Gasteiger partial charge in [0.2, 0.25) is 0 Å². The van der Waals surface area contributed by atoms with E-state index in [2.05, 4.69) is 52.8 Å². The molecule has 4 rings (SSSR count). The predicted octanol–water partition coefficient (Wildman–Crippen LogP) is 5.86. The third-order valence-corrected chi connectivity index (χ3v) is 5.85. The molecule has 0 radical (unpaired) electrons. The van der Waals surface area contributed by atoms with E-state index in [9.17, 15) is 4.79 Å². The van der Waals surface area contributed by atoms with Crippen LogP contribution in [0.15, 0.2) is 24.3 Å². The molecule has 0 aliphatic heterocycles. The van der Waals surface area contributed by atoms with Gasteiger partial charge in [-0.05, 0) is 91.3 Å². The molecule has 0 amide bonds. The van der Waals surface area contributed by atoms with E-state index in [0.29, 0.717) is 17.6 Å². The van der Waals surface area contributed by atoms with Crippen molar-refractivity contribution in [3.05, 3.63) is 68.8 Å². The van der Waals surface area contributed by atoms with Gasteiger partial charge in [-0.1, -0.05) is 38.1 Å². The first-order valence-electron chi connectivity index (χ1n) is 9.40. The van der Waals surface area contributed by atoms with Crippen molar-refractivity contribution in [3.8, 4) is 0 Å². The van der Waals surface area contributed by atoms with Crippen molar-refractivity contribution in [2.75, 3.05) is 0 Å². The van der Waals surface area contributed by atoms with Crippen LogP contribution in [-0.2, 0) is 19.3 Å². The zero-order valence-corrected chi connectivity index (χ0v) is 16.5. The van der Waals surface area contributed by atoms with Crippen molar-refractivity contribution in [2.45, 2.75) is 67.2 Å². The molecular formula is C24H30O. The van der Waals surface area contributed by atoms with Crippen molar-refractivity contribution in [1.82, 2.24) is 0 Å². The minimum Gasteiger partial charge on any atom is -0.294 e. The Hall–Kier alpha value is -1.89. The normalized spacial score (nSPS) is 17.0. The Morgan fingerprint density at radius 2 is 1.12 bits per heavy atom. The number of hydrogen-bond acceptors (Lipinski definition) is 1. The van der Waals surface area contributed by atoms with Crippen LogP contribution in [0, 0.1) is 33.1 Å². The second-order valence-corrected chi connectivity index (χ2v) is 8.65. The van der Waals surface area contributed by atoms with Crippen LogP contribution in [0.1, 0.15) is 69.6 Å². The summed E-state index contributed by atoms with van der Waals surface area (Å²) in [5.41, 5.74) is 11.3. The fourth-order valence-electron chi connectivity index (χ4n) is 4.38. The monoisotopic (exact) mass is 334 g/mol. The zero-order valence-electron chi connectivity index (χ0n) is 16.5. The van der Waals surface area contributed by atoms with E-state index in [1.807, 2.05) is 13.0 Å². The first kappa shape index (κ1) is 17.9. The van der Waals surface area contributed by atoms with E-state index in [1.54, 1.807) is 11.1 Å². The molecular weight excluding hydrogens is 304 g/mol. The van der Waals surface area contributed by atoms with Crippen molar-refractivity contribution in [1.29, 1.82) is 0 Å². The molecule has 1 nitrogen and oxygen atoms in total. The highest BCUT2D eigenvalue weighted by atomic mass is 16.1. The van der Waals surface area contributed by atoms with Crippen LogP contribution in [0.4, 0.5) is 0 Å². The van der Waals surface area contributed by atoms with Crippen molar-refractivity contribution < 1.29 is 4.79 Å². The number of rotatable bonds is 0. The Morgan fingerprint density at radius 3 is 1.60 bits per heavy atom. The summed E-state index contributed by atoms with van der Waals surface area (Å²) in [7, 11) is 0. The summed E-state index contributed by atoms with van der Waals surface area (Å²) in [4.78, 5) is 11.4. The summed E-state index contributed by atoms with van der Waals surface area (Å²) in [6.07, 6.45) is 4.18. The van der Waals surface area contributed by atoms with Gasteiger partial charge in [0.15, 0.2) is 5.78 Å². The first-order chi connectivity index (χ1) is 11.7. The molecule has 0 saturated heterocycles. The Balaban J connectivity index is 0.000000146. The van der Waals surface area contributed by atoms with Crippen LogP contribution in [0.25, 0.3) is 0 Å². The molecule has 0 spiro atoms. The summed E-state index contributed by atoms with van der Waals surface area (Å²) < 4.78 is 0. The Bertz CT molecular complexity index is 807. The van der Waals surface area contributed by atoms with Crippen LogP contribution in [-0.4, -0.2) is 5.78 Å². The average molecular weight is 335 g/mol. The maximum absolute atomic E-state index is 11.4. The van der Waals surface area contributed by atoms with Gasteiger partial charge in [-0.3, -0.25) is 4.79 Å². The molecule has 2 aliphatic carbocycles. The van der Waals surface area contributed by atoms with Crippen molar-refractivity contribution in [2.24, 2.45) is 5.41 Å². The lowest BCUT2D eigenvalue weighted by Gasteiger charge is -2.15. The number of aryl methyl sites for hydroxylation is 4. The molecule has 2 aromatic carbocycles. The number of Topliss-reactive ketones (excluding diaryl/α,β-unsaturated/α-hetero) is 1. The minimum absolute atomic E-state index is 0.325. The lowest BCUT2D eigenvalue weighted by Crippen LogP contribution is -2.09. The average Bonchev–Trinajstić information content (AvgIpc) is 3.09. The van der Waals surface area contributed by atoms with E-state index in [1.165, 1.54) is 35.1 Å². The molecule has 0 saturated carbocycles. The molecule has 0 unspecified atom stereocenters. The van der Waals surface area contributed by atoms with Crippen molar-refractivity contribution in [3.63, 3.8) is 0 Å². The number of benzene rings is 2. The molecule has 0 fully saturated rings. The van der Waals surface area contributed by atoms with E-state index in [-0.39, 0.29) is 0 Å². The summed E-state index contributed by atoms with van der Waals surface area (Å²) in [6, 6.07) is 8.66. The lowest BCUT2D eigenvalue weighted by atomic mass is 9.90. The van der Waals surface area contributed by atoms with Crippen LogP contribution in [0.5, 0.6) is 0 Å². The quantitative estimate of drug-likeness (QED) is 0.589. The second-order valence-electron chi connectivity index (χ2n) is 8.65. The number of ketones is 1. The molecule has 2 aliphatic rings. The molecule has 25 heavy (non-hydrogen) atoms. The maximum Gasteiger partial charge on any atom is 0.163 e. The number of carbonyl (C=O) groups excluding carboxylic acids is 1. The second kappa shape index (κ2) is 6.44. The van der Waals surface area contributed by atoms with E-state index in [0.717, 1.165) is 17.5 Å². The van der Waals surface area contributed by atoms with Gasteiger partial charge in [0.05, 0.1) is 0 Å². The number of carbonyl (C=O) groups is 1. The van der Waals surface area contributed by atoms with Crippen LogP contribution >= 0.6 is 0 Å². The highest BCUT2D eigenvalue weighted by Crippen LogP contribution is 2.39. The SMILES string of the molecule is Cc1ccc(C)c2c1CC(C)(C)C2.Cc1ccc(C)c2c1CCC2=O. The number of hydrogen-bond donors (Lipinski definition) is 0. The predicted molar refractivity (Wildman–Crippen MR) is 106 cm³/mol. The Labute approximate surface area is 152 Å². The third kappa shape index (κ3) is 3.42. The first-order valence-corrected chi connectivity index (χ1v) is 9.40. The molecule has 132 valence electrons. The van der Waals surface area contributed by atoms with E-state index < -0.39 is 0 Å². The van der Waals surface area contributed by atoms with Gasteiger partial charge in [0.25, 0.3) is 0 Å². The van der Waals surface area contributed by atoms with Gasteiger partial charge in [0, 0.05) is 12.0 Å². The standard InChI is InChI=1S/C13H18.C11H12O/c1-9-5-6-10(2)12-8-13(3,4)7-11(9)12;1-7-3-4-8(2)11-9(7)5-6-10(11)12/h5-6H,7-8H2,1-4H3;3-4H,5-6H2,1-2H3. The molecule has 0 bridgehead atoms. The van der Waals surface area contributed by atoms with E-state index in [4.69, 9.17) is 0 Å². The van der Waals surface area contributed by atoms with Gasteiger partial charge in [-0.25, -0.2) is 0 Å². The highest BCUT2D eigenvalue weighted by Gasteiger charge is 2.30. The summed E-state index contributed by atoms with van der Waals surface area (Å²) in [6.45, 7) is 13.3. The molecule has 0 aromatic heterocycles. The van der Waals surface area contributed by atoms with Crippen LogP contribution < -0.4 is 0 Å². The van der Waals surface area contributed by atoms with Crippen LogP contribution in [0.3, 0.4) is 0 Å². The lowest BCUT2D eigenvalue weighted by molar-refractivity contribution is 0.0994.